The second kappa shape index (κ2) is 27.0. The summed E-state index contributed by atoms with van der Waals surface area (Å²) in [5, 5.41) is 0. The first-order valence-electron chi connectivity index (χ1n) is 24.5. The molecule has 0 aliphatic heterocycles. The van der Waals surface area contributed by atoms with Gasteiger partial charge in [0.1, 0.15) is 11.5 Å². The molecule has 0 bridgehead atoms. The van der Waals surface area contributed by atoms with E-state index >= 15 is 0 Å². The third-order valence-corrected chi connectivity index (χ3v) is 13.7. The Bertz CT molecular complexity index is 2690. The van der Waals surface area contributed by atoms with E-state index in [-0.39, 0.29) is 11.8 Å². The molecule has 0 unspecified atom stereocenters. The highest BCUT2D eigenvalue weighted by molar-refractivity contribution is 5.57. The summed E-state index contributed by atoms with van der Waals surface area (Å²) in [7, 11) is 23.0. The number of rotatable bonds is 29. The molecule has 0 spiro atoms. The van der Waals surface area contributed by atoms with E-state index in [0.717, 1.165) is 81.7 Å². The maximum atomic E-state index is 6.23. The first-order valence-corrected chi connectivity index (χ1v) is 24.5. The maximum absolute atomic E-state index is 6.23. The van der Waals surface area contributed by atoms with Crippen molar-refractivity contribution in [2.45, 2.75) is 57.3 Å². The van der Waals surface area contributed by atoms with Gasteiger partial charge in [-0.15, -0.1) is 0 Å². The maximum Gasteiger partial charge on any atom is 0.203 e. The van der Waals surface area contributed by atoms with Crippen molar-refractivity contribution in [1.29, 1.82) is 0 Å². The number of methoxy groups -OCH3 is 14. The van der Waals surface area contributed by atoms with Gasteiger partial charge >= 0.3 is 0 Å². The van der Waals surface area contributed by atoms with Crippen LogP contribution in [0.4, 0.5) is 0 Å². The molecular formula is C60H74O14. The molecule has 0 heterocycles. The molecule has 74 heavy (non-hydrogen) atoms. The summed E-state index contributed by atoms with van der Waals surface area (Å²) >= 11 is 0. The zero-order valence-electron chi connectivity index (χ0n) is 45.6. The summed E-state index contributed by atoms with van der Waals surface area (Å²) in [4.78, 5) is 0. The van der Waals surface area contributed by atoms with E-state index in [1.807, 2.05) is 48.5 Å². The minimum absolute atomic E-state index is 0.0392. The van der Waals surface area contributed by atoms with Crippen LogP contribution in [-0.4, -0.2) is 99.5 Å². The molecule has 6 rings (SSSR count). The van der Waals surface area contributed by atoms with Gasteiger partial charge < -0.3 is 66.3 Å². The summed E-state index contributed by atoms with van der Waals surface area (Å²) in [6, 6.07) is 29.3. The minimum Gasteiger partial charge on any atom is -0.496 e. The fraction of sp³-hybridized carbons (Fsp3) is 0.400. The van der Waals surface area contributed by atoms with Crippen LogP contribution in [0.3, 0.4) is 0 Å². The third kappa shape index (κ3) is 13.0. The van der Waals surface area contributed by atoms with Crippen LogP contribution in [0, 0.1) is 5.92 Å². The van der Waals surface area contributed by atoms with Crippen molar-refractivity contribution >= 4 is 0 Å². The Morgan fingerprint density at radius 1 is 0.270 bits per heavy atom. The molecule has 14 heteroatoms. The summed E-state index contributed by atoms with van der Waals surface area (Å²) in [6.45, 7) is 0. The van der Waals surface area contributed by atoms with Gasteiger partial charge in [0, 0.05) is 0 Å². The van der Waals surface area contributed by atoms with E-state index in [9.17, 15) is 0 Å². The number of aryl methyl sites for hydroxylation is 5. The van der Waals surface area contributed by atoms with Crippen molar-refractivity contribution in [1.82, 2.24) is 0 Å². The van der Waals surface area contributed by atoms with E-state index in [0.29, 0.717) is 94.7 Å². The number of benzene rings is 6. The predicted molar refractivity (Wildman–Crippen MR) is 287 cm³/mol. The van der Waals surface area contributed by atoms with E-state index in [1.165, 1.54) is 0 Å². The van der Waals surface area contributed by atoms with Gasteiger partial charge in [0.25, 0.3) is 0 Å². The third-order valence-electron chi connectivity index (χ3n) is 13.7. The van der Waals surface area contributed by atoms with Crippen molar-refractivity contribution in [3.05, 3.63) is 129 Å². The van der Waals surface area contributed by atoms with E-state index in [1.54, 1.807) is 99.5 Å². The molecule has 6 aromatic carbocycles. The first kappa shape index (κ1) is 55.8. The van der Waals surface area contributed by atoms with Gasteiger partial charge in [-0.1, -0.05) is 24.3 Å². The molecule has 0 aliphatic carbocycles. The lowest BCUT2D eigenvalue weighted by Crippen LogP contribution is -2.20. The van der Waals surface area contributed by atoms with Crippen molar-refractivity contribution in [3.63, 3.8) is 0 Å². The van der Waals surface area contributed by atoms with Gasteiger partial charge in [-0.2, -0.15) is 0 Å². The van der Waals surface area contributed by atoms with Crippen LogP contribution in [0.2, 0.25) is 0 Å². The average molecular weight is 1020 g/mol. The van der Waals surface area contributed by atoms with Crippen LogP contribution in [-0.2, 0) is 44.9 Å². The Morgan fingerprint density at radius 3 is 0.932 bits per heavy atom. The zero-order chi connectivity index (χ0) is 53.3. The molecule has 0 aliphatic rings. The van der Waals surface area contributed by atoms with Crippen LogP contribution in [0.5, 0.6) is 80.5 Å². The topological polar surface area (TPSA) is 129 Å². The molecule has 0 N–H and O–H groups in total. The van der Waals surface area contributed by atoms with Crippen molar-refractivity contribution in [2.75, 3.05) is 99.5 Å². The van der Waals surface area contributed by atoms with Crippen LogP contribution in [0.25, 0.3) is 0 Å². The lowest BCUT2D eigenvalue weighted by atomic mass is 9.75. The summed E-state index contributed by atoms with van der Waals surface area (Å²) < 4.78 is 81.1. The Hall–Kier alpha value is -7.48. The fourth-order valence-corrected chi connectivity index (χ4v) is 9.88. The van der Waals surface area contributed by atoms with E-state index < -0.39 is 0 Å². The van der Waals surface area contributed by atoms with Gasteiger partial charge in [0.15, 0.2) is 46.0 Å². The second-order valence-corrected chi connectivity index (χ2v) is 17.7. The molecule has 398 valence electrons. The second-order valence-electron chi connectivity index (χ2n) is 17.7. The normalized spacial score (nSPS) is 11.7. The SMILES string of the molecule is COc1cc(CC[C@H](Cc2cc(OC)c(OC)c(OC)c2)[C@@H](Cc2cc(OC)c(OC)c(OC)c2)c2ccc(CCc3cc(OC)c(OC)c(OC)c3)c(OC)c2)ccc1CCc1cc(OC)c(OC)c(OC)c1. The highest BCUT2D eigenvalue weighted by atomic mass is 16.6. The van der Waals surface area contributed by atoms with Crippen molar-refractivity contribution < 1.29 is 66.3 Å². The summed E-state index contributed by atoms with van der Waals surface area (Å²) in [6.07, 6.45) is 5.73. The molecule has 0 fully saturated rings. The standard InChI is InChI=1S/C60H74O14/c1-61-47-27-37(15-19-42(47)20-17-38-28-49(63-3)57(71-11)50(29-38)64-4)16-22-44(25-40-32-53(67-7)59(73-13)54(33-40)68-8)46(26-41-34-55(69-9)60(74-14)56(35-41)70-10)45-24-23-43(48(36-45)62-2)21-18-39-30-51(65-5)58(72-12)52(31-39)66-6/h15,19,23-24,27-36,44,46H,16-18,20-22,25-26H2,1-14H3/t44-,46-/m1/s1. The van der Waals surface area contributed by atoms with Crippen LogP contribution < -0.4 is 66.3 Å². The Kier molecular flexibility index (Phi) is 20.4. The molecule has 0 aromatic heterocycles. The summed E-state index contributed by atoms with van der Waals surface area (Å²) in [5.74, 6) is 8.60. The Balaban J connectivity index is 1.42. The zero-order valence-corrected chi connectivity index (χ0v) is 45.6. The smallest absolute Gasteiger partial charge is 0.203 e. The Morgan fingerprint density at radius 2 is 0.581 bits per heavy atom. The molecule has 14 nitrogen and oxygen atoms in total. The quantitative estimate of drug-likeness (QED) is 0.0442. The lowest BCUT2D eigenvalue weighted by molar-refractivity contribution is 0.321. The monoisotopic (exact) mass is 1020 g/mol. The molecule has 2 atom stereocenters. The van der Waals surface area contributed by atoms with E-state index in [2.05, 4.69) is 36.4 Å². The predicted octanol–water partition coefficient (Wildman–Crippen LogP) is 11.2. The molecule has 0 saturated carbocycles. The molecule has 6 aromatic rings. The molecule has 0 amide bonds. The van der Waals surface area contributed by atoms with Gasteiger partial charge in [-0.3, -0.25) is 0 Å². The van der Waals surface area contributed by atoms with Crippen LogP contribution >= 0.6 is 0 Å². The van der Waals surface area contributed by atoms with Crippen molar-refractivity contribution in [2.24, 2.45) is 5.92 Å². The lowest BCUT2D eigenvalue weighted by Gasteiger charge is -2.30. The fourth-order valence-electron chi connectivity index (χ4n) is 9.88. The summed E-state index contributed by atoms with van der Waals surface area (Å²) in [5.41, 5.74) is 8.58. The van der Waals surface area contributed by atoms with Crippen LogP contribution in [0.1, 0.15) is 56.8 Å². The van der Waals surface area contributed by atoms with Crippen LogP contribution in [0.15, 0.2) is 84.9 Å². The van der Waals surface area contributed by atoms with Crippen molar-refractivity contribution in [3.8, 4) is 80.5 Å². The number of hydrogen-bond acceptors (Lipinski definition) is 14. The Labute approximate surface area is 437 Å². The van der Waals surface area contributed by atoms with Gasteiger partial charge in [-0.25, -0.2) is 0 Å². The average Bonchev–Trinajstić information content (AvgIpc) is 3.44. The number of ether oxygens (including phenoxy) is 14. The minimum atomic E-state index is -0.0605. The first-order chi connectivity index (χ1) is 36.0. The molecule has 0 saturated heterocycles. The molecule has 0 radical (unpaired) electrons. The van der Waals surface area contributed by atoms with Gasteiger partial charge in [0.2, 0.25) is 23.0 Å². The number of hydrogen-bond donors (Lipinski definition) is 0. The van der Waals surface area contributed by atoms with Gasteiger partial charge in [0.05, 0.1) is 99.5 Å². The van der Waals surface area contributed by atoms with Gasteiger partial charge in [-0.05, 0) is 168 Å². The highest BCUT2D eigenvalue weighted by Gasteiger charge is 2.29. The van der Waals surface area contributed by atoms with E-state index in [4.69, 9.17) is 66.3 Å². The highest BCUT2D eigenvalue weighted by Crippen LogP contribution is 2.45. The molecular weight excluding hydrogens is 945 g/mol. The largest absolute Gasteiger partial charge is 0.496 e.